The van der Waals surface area contributed by atoms with Gasteiger partial charge in [-0.2, -0.15) is 0 Å². The van der Waals surface area contributed by atoms with Crippen LogP contribution in [0.2, 0.25) is 0 Å². The summed E-state index contributed by atoms with van der Waals surface area (Å²) < 4.78 is 0. The Bertz CT molecular complexity index is 440. The Labute approximate surface area is 124 Å². The Balaban J connectivity index is 1.90. The summed E-state index contributed by atoms with van der Waals surface area (Å²) in [6.07, 6.45) is 4.24. The first-order chi connectivity index (χ1) is 9.08. The van der Waals surface area contributed by atoms with Gasteiger partial charge < -0.3 is 5.32 Å². The topological polar surface area (TPSA) is 37.3 Å². The van der Waals surface area contributed by atoms with Crippen LogP contribution in [-0.4, -0.2) is 21.9 Å². The highest BCUT2D eigenvalue weighted by atomic mass is 32.2. The second-order valence-corrected chi connectivity index (χ2v) is 7.57. The lowest BCUT2D eigenvalue weighted by molar-refractivity contribution is 0.528. The van der Waals surface area contributed by atoms with Gasteiger partial charge in [0.05, 0.1) is 12.1 Å². The Morgan fingerprint density at radius 3 is 2.84 bits per heavy atom. The number of aliphatic imine (C=N–C) groups is 1. The monoisotopic (exact) mass is 297 g/mol. The maximum Gasteiger partial charge on any atom is 0.157 e. The van der Waals surface area contributed by atoms with Gasteiger partial charge in [0.1, 0.15) is 5.01 Å². The van der Waals surface area contributed by atoms with Crippen molar-refractivity contribution in [2.45, 2.75) is 52.6 Å². The number of nitrogens with one attached hydrogen (secondary N) is 1. The third-order valence-electron chi connectivity index (χ3n) is 3.09. The largest absolute Gasteiger partial charge is 0.356 e. The molecule has 2 rings (SSSR count). The molecule has 19 heavy (non-hydrogen) atoms. The molecule has 2 heterocycles. The minimum absolute atomic E-state index is 0.259. The lowest BCUT2D eigenvalue weighted by Gasteiger charge is -2.11. The Morgan fingerprint density at radius 1 is 1.42 bits per heavy atom. The molecule has 106 valence electrons. The van der Waals surface area contributed by atoms with Crippen LogP contribution in [0.15, 0.2) is 11.2 Å². The fourth-order valence-electron chi connectivity index (χ4n) is 2.09. The smallest absolute Gasteiger partial charge is 0.157 e. The van der Waals surface area contributed by atoms with Crippen LogP contribution in [0.5, 0.6) is 0 Å². The molecule has 1 aliphatic heterocycles. The summed E-state index contributed by atoms with van der Waals surface area (Å²) in [4.78, 5) is 10.6. The van der Waals surface area contributed by atoms with Crippen molar-refractivity contribution in [2.24, 2.45) is 10.9 Å². The Kier molecular flexibility index (Phi) is 5.28. The van der Waals surface area contributed by atoms with Crippen molar-refractivity contribution >= 4 is 28.3 Å². The minimum atomic E-state index is 0.259. The van der Waals surface area contributed by atoms with Crippen LogP contribution in [0, 0.1) is 5.92 Å². The predicted octanol–water partition coefficient (Wildman–Crippen LogP) is 3.87. The van der Waals surface area contributed by atoms with Crippen LogP contribution in [0.4, 0.5) is 0 Å². The van der Waals surface area contributed by atoms with Gasteiger partial charge in [-0.25, -0.2) is 4.98 Å². The van der Waals surface area contributed by atoms with Gasteiger partial charge in [-0.1, -0.05) is 32.5 Å². The van der Waals surface area contributed by atoms with E-state index in [4.69, 9.17) is 4.99 Å². The van der Waals surface area contributed by atoms with E-state index in [9.17, 15) is 0 Å². The number of amidine groups is 1. The molecule has 0 saturated heterocycles. The van der Waals surface area contributed by atoms with Gasteiger partial charge in [0.25, 0.3) is 0 Å². The van der Waals surface area contributed by atoms with Crippen LogP contribution in [0.1, 0.15) is 50.0 Å². The third kappa shape index (κ3) is 4.21. The van der Waals surface area contributed by atoms with Gasteiger partial charge in [-0.05, 0) is 25.7 Å². The van der Waals surface area contributed by atoms with E-state index in [0.717, 1.165) is 28.3 Å². The molecule has 0 aromatic carbocycles. The highest BCUT2D eigenvalue weighted by Crippen LogP contribution is 2.25. The van der Waals surface area contributed by atoms with Crippen LogP contribution in [-0.2, 0) is 6.42 Å². The molecule has 3 nitrogen and oxygen atoms in total. The number of aromatic nitrogens is 1. The molecule has 2 unspecified atom stereocenters. The van der Waals surface area contributed by atoms with E-state index in [1.807, 2.05) is 18.0 Å². The maximum atomic E-state index is 4.77. The van der Waals surface area contributed by atoms with Crippen LogP contribution < -0.4 is 5.32 Å². The molecule has 1 aromatic rings. The van der Waals surface area contributed by atoms with Crippen molar-refractivity contribution in [1.29, 1.82) is 0 Å². The summed E-state index contributed by atoms with van der Waals surface area (Å²) in [5.74, 6) is 1.84. The molecular formula is C14H23N3S2. The summed E-state index contributed by atoms with van der Waals surface area (Å²) in [5, 5.41) is 5.75. The predicted molar refractivity (Wildman–Crippen MR) is 86.2 cm³/mol. The lowest BCUT2D eigenvalue weighted by Crippen LogP contribution is -2.22. The molecule has 1 N–H and O–H groups in total. The number of thioether (sulfide) groups is 1. The van der Waals surface area contributed by atoms with Crippen LogP contribution in [0.25, 0.3) is 0 Å². The summed E-state index contributed by atoms with van der Waals surface area (Å²) in [7, 11) is 0. The first-order valence-corrected chi connectivity index (χ1v) is 8.80. The summed E-state index contributed by atoms with van der Waals surface area (Å²) in [6.45, 7) is 8.85. The van der Waals surface area contributed by atoms with E-state index in [1.54, 1.807) is 11.3 Å². The fourth-order valence-corrected chi connectivity index (χ4v) is 4.00. The first-order valence-electron chi connectivity index (χ1n) is 7.00. The Morgan fingerprint density at radius 2 is 2.21 bits per heavy atom. The van der Waals surface area contributed by atoms with Crippen molar-refractivity contribution in [3.05, 3.63) is 16.1 Å². The van der Waals surface area contributed by atoms with Gasteiger partial charge in [-0.15, -0.1) is 11.3 Å². The van der Waals surface area contributed by atoms with Crippen molar-refractivity contribution in [3.8, 4) is 0 Å². The van der Waals surface area contributed by atoms with E-state index in [0.29, 0.717) is 6.04 Å². The van der Waals surface area contributed by atoms with E-state index >= 15 is 0 Å². The fraction of sp³-hybridized carbons (Fsp3) is 0.714. The number of hydrogen-bond acceptors (Lipinski definition) is 5. The number of nitrogens with zero attached hydrogens (tertiary/aromatic N) is 2. The van der Waals surface area contributed by atoms with E-state index in [1.165, 1.54) is 11.3 Å². The second kappa shape index (κ2) is 6.75. The molecule has 0 radical (unpaired) electrons. The highest BCUT2D eigenvalue weighted by molar-refractivity contribution is 8.14. The molecule has 1 aliphatic rings. The molecule has 0 saturated carbocycles. The molecule has 0 spiro atoms. The van der Waals surface area contributed by atoms with Gasteiger partial charge >= 0.3 is 0 Å². The second-order valence-electron chi connectivity index (χ2n) is 5.41. The molecule has 0 aliphatic carbocycles. The van der Waals surface area contributed by atoms with Gasteiger partial charge in [0.2, 0.25) is 0 Å². The van der Waals surface area contributed by atoms with Gasteiger partial charge in [0, 0.05) is 16.8 Å². The molecular weight excluding hydrogens is 274 g/mol. The van der Waals surface area contributed by atoms with E-state index in [-0.39, 0.29) is 6.04 Å². The van der Waals surface area contributed by atoms with Crippen LogP contribution >= 0.6 is 23.1 Å². The number of aryl methyl sites for hydroxylation is 1. The van der Waals surface area contributed by atoms with Crippen molar-refractivity contribution < 1.29 is 0 Å². The minimum Gasteiger partial charge on any atom is -0.356 e. The highest BCUT2D eigenvalue weighted by Gasteiger charge is 2.21. The zero-order valence-electron chi connectivity index (χ0n) is 12.1. The number of hydrogen-bond donors (Lipinski definition) is 1. The van der Waals surface area contributed by atoms with Crippen molar-refractivity contribution in [1.82, 2.24) is 10.3 Å². The van der Waals surface area contributed by atoms with E-state index < -0.39 is 0 Å². The Hall–Kier alpha value is -0.550. The van der Waals surface area contributed by atoms with Gasteiger partial charge in [0.15, 0.2) is 5.17 Å². The number of rotatable bonds is 5. The average Bonchev–Trinajstić information content (AvgIpc) is 2.97. The van der Waals surface area contributed by atoms with E-state index in [2.05, 4.69) is 38.0 Å². The molecule has 0 amide bonds. The average molecular weight is 297 g/mol. The SMILES string of the molecule is CCc1cnc(C(C)NC2=NC(CC(C)C)CS2)s1. The molecule has 5 heteroatoms. The summed E-state index contributed by atoms with van der Waals surface area (Å²) in [5.41, 5.74) is 0. The van der Waals surface area contributed by atoms with Crippen molar-refractivity contribution in [2.75, 3.05) is 5.75 Å². The normalized spacial score (nSPS) is 20.7. The lowest BCUT2D eigenvalue weighted by atomic mass is 10.1. The maximum absolute atomic E-state index is 4.77. The zero-order valence-corrected chi connectivity index (χ0v) is 13.8. The zero-order chi connectivity index (χ0) is 13.8. The summed E-state index contributed by atoms with van der Waals surface area (Å²) >= 11 is 3.64. The first kappa shape index (κ1) is 14.9. The molecule has 2 atom stereocenters. The summed E-state index contributed by atoms with van der Waals surface area (Å²) in [6, 6.07) is 0.747. The van der Waals surface area contributed by atoms with Crippen LogP contribution in [0.3, 0.4) is 0 Å². The molecule has 0 bridgehead atoms. The molecule has 0 fully saturated rings. The van der Waals surface area contributed by atoms with Crippen molar-refractivity contribution in [3.63, 3.8) is 0 Å². The standard InChI is InChI=1S/C14H23N3S2/c1-5-12-7-15-13(19-12)10(4)16-14-17-11(8-18-14)6-9(2)3/h7,9-11H,5-6,8H2,1-4H3,(H,16,17). The number of thiazole rings is 1. The third-order valence-corrected chi connectivity index (χ3v) is 5.46. The van der Waals surface area contributed by atoms with Gasteiger partial charge in [-0.3, -0.25) is 4.99 Å². The molecule has 1 aromatic heterocycles. The quantitative estimate of drug-likeness (QED) is 0.896.